The first kappa shape index (κ1) is 15.1. The summed E-state index contributed by atoms with van der Waals surface area (Å²) >= 11 is 5.15. The lowest BCUT2D eigenvalue weighted by atomic mass is 10.1. The molecule has 0 aliphatic rings. The van der Waals surface area contributed by atoms with Crippen molar-refractivity contribution in [2.24, 2.45) is 0 Å². The van der Waals surface area contributed by atoms with Crippen LogP contribution in [0.4, 0.5) is 0 Å². The smallest absolute Gasteiger partial charge is 0.158 e. The SMILES string of the molecule is Cc1cc(Br)c(-c2ncc(-c3ccc(O)c(O)c3)s2)cc1C. The van der Waals surface area contributed by atoms with Crippen molar-refractivity contribution in [1.29, 1.82) is 0 Å². The van der Waals surface area contributed by atoms with Crippen LogP contribution in [-0.4, -0.2) is 15.2 Å². The van der Waals surface area contributed by atoms with Crippen LogP contribution >= 0.6 is 27.3 Å². The van der Waals surface area contributed by atoms with Crippen LogP contribution in [0.25, 0.3) is 21.0 Å². The van der Waals surface area contributed by atoms with Crippen molar-refractivity contribution in [3.8, 4) is 32.5 Å². The fourth-order valence-corrected chi connectivity index (χ4v) is 3.87. The van der Waals surface area contributed by atoms with Gasteiger partial charge < -0.3 is 10.2 Å². The van der Waals surface area contributed by atoms with Crippen LogP contribution in [0.1, 0.15) is 11.1 Å². The highest BCUT2D eigenvalue weighted by atomic mass is 79.9. The number of aryl methyl sites for hydroxylation is 2. The Morgan fingerprint density at radius 2 is 1.73 bits per heavy atom. The predicted octanol–water partition coefficient (Wildman–Crippen LogP) is 5.27. The van der Waals surface area contributed by atoms with Gasteiger partial charge in [0.2, 0.25) is 0 Å². The Kier molecular flexibility index (Phi) is 3.93. The molecule has 0 saturated carbocycles. The quantitative estimate of drug-likeness (QED) is 0.600. The molecule has 0 atom stereocenters. The molecule has 1 aromatic heterocycles. The standard InChI is InChI=1S/C17H14BrNO2S/c1-9-5-12(13(18)6-10(9)2)17-19-8-16(22-17)11-3-4-14(20)15(21)7-11/h3-8,20-21H,1-2H3. The van der Waals surface area contributed by atoms with E-state index < -0.39 is 0 Å². The predicted molar refractivity (Wildman–Crippen MR) is 93.5 cm³/mol. The normalized spacial score (nSPS) is 10.9. The van der Waals surface area contributed by atoms with E-state index in [1.54, 1.807) is 29.7 Å². The third-order valence-electron chi connectivity index (χ3n) is 3.58. The van der Waals surface area contributed by atoms with Gasteiger partial charge in [-0.1, -0.05) is 15.9 Å². The maximum atomic E-state index is 9.62. The maximum absolute atomic E-state index is 9.62. The number of phenolic OH excluding ortho intramolecular Hbond substituents is 2. The zero-order valence-corrected chi connectivity index (χ0v) is 14.5. The molecule has 1 heterocycles. The number of hydrogen-bond donors (Lipinski definition) is 2. The minimum absolute atomic E-state index is 0.120. The van der Waals surface area contributed by atoms with Gasteiger partial charge in [0.15, 0.2) is 11.5 Å². The number of aromatic hydroxyl groups is 2. The van der Waals surface area contributed by atoms with Crippen LogP contribution in [0.2, 0.25) is 0 Å². The molecule has 2 N–H and O–H groups in total. The second kappa shape index (κ2) is 5.74. The molecule has 3 nitrogen and oxygen atoms in total. The van der Waals surface area contributed by atoms with Gasteiger partial charge in [0.25, 0.3) is 0 Å². The first-order valence-corrected chi connectivity index (χ1v) is 8.32. The number of halogens is 1. The molecular weight excluding hydrogens is 362 g/mol. The molecule has 112 valence electrons. The monoisotopic (exact) mass is 375 g/mol. The summed E-state index contributed by atoms with van der Waals surface area (Å²) in [7, 11) is 0. The minimum Gasteiger partial charge on any atom is -0.504 e. The van der Waals surface area contributed by atoms with Gasteiger partial charge in [0.05, 0.1) is 4.88 Å². The van der Waals surface area contributed by atoms with Crippen LogP contribution in [-0.2, 0) is 0 Å². The molecule has 22 heavy (non-hydrogen) atoms. The fraction of sp³-hybridized carbons (Fsp3) is 0.118. The Balaban J connectivity index is 2.04. The van der Waals surface area contributed by atoms with E-state index in [9.17, 15) is 10.2 Å². The Morgan fingerprint density at radius 3 is 2.45 bits per heavy atom. The van der Waals surface area contributed by atoms with Crippen LogP contribution in [0.5, 0.6) is 11.5 Å². The van der Waals surface area contributed by atoms with E-state index in [0.717, 1.165) is 25.5 Å². The van der Waals surface area contributed by atoms with Gasteiger partial charge in [0, 0.05) is 16.2 Å². The zero-order chi connectivity index (χ0) is 15.9. The number of rotatable bonds is 2. The van der Waals surface area contributed by atoms with Crippen molar-refractivity contribution in [3.05, 3.63) is 52.1 Å². The summed E-state index contributed by atoms with van der Waals surface area (Å²) in [6.07, 6.45) is 1.79. The second-order valence-electron chi connectivity index (χ2n) is 5.15. The maximum Gasteiger partial charge on any atom is 0.158 e. The van der Waals surface area contributed by atoms with Crippen molar-refractivity contribution in [3.63, 3.8) is 0 Å². The van der Waals surface area contributed by atoms with Crippen molar-refractivity contribution in [1.82, 2.24) is 4.98 Å². The van der Waals surface area contributed by atoms with Crippen molar-refractivity contribution in [2.75, 3.05) is 0 Å². The first-order valence-electron chi connectivity index (χ1n) is 6.71. The van der Waals surface area contributed by atoms with Gasteiger partial charge in [-0.2, -0.15) is 0 Å². The number of nitrogens with zero attached hydrogens (tertiary/aromatic N) is 1. The topological polar surface area (TPSA) is 53.4 Å². The highest BCUT2D eigenvalue weighted by Gasteiger charge is 2.12. The number of aromatic nitrogens is 1. The lowest BCUT2D eigenvalue weighted by molar-refractivity contribution is 0.404. The van der Waals surface area contributed by atoms with Gasteiger partial charge in [-0.15, -0.1) is 11.3 Å². The Bertz CT molecular complexity index is 858. The molecule has 0 amide bonds. The van der Waals surface area contributed by atoms with E-state index in [1.165, 1.54) is 17.2 Å². The number of thiazole rings is 1. The summed E-state index contributed by atoms with van der Waals surface area (Å²) in [5.74, 6) is -0.245. The highest BCUT2D eigenvalue weighted by molar-refractivity contribution is 9.10. The molecule has 0 aliphatic heterocycles. The molecule has 2 aromatic carbocycles. The van der Waals surface area contributed by atoms with Gasteiger partial charge in [-0.25, -0.2) is 4.98 Å². The van der Waals surface area contributed by atoms with Crippen LogP contribution in [0.15, 0.2) is 41.0 Å². The molecule has 0 radical (unpaired) electrons. The van der Waals surface area contributed by atoms with Gasteiger partial charge in [-0.3, -0.25) is 0 Å². The molecule has 0 bridgehead atoms. The zero-order valence-electron chi connectivity index (χ0n) is 12.1. The van der Waals surface area contributed by atoms with E-state index in [4.69, 9.17) is 0 Å². The average molecular weight is 376 g/mol. The van der Waals surface area contributed by atoms with E-state index in [0.29, 0.717) is 0 Å². The van der Waals surface area contributed by atoms with Crippen LogP contribution < -0.4 is 0 Å². The summed E-state index contributed by atoms with van der Waals surface area (Å²) in [5.41, 5.74) is 4.34. The van der Waals surface area contributed by atoms with E-state index >= 15 is 0 Å². The van der Waals surface area contributed by atoms with Crippen molar-refractivity contribution in [2.45, 2.75) is 13.8 Å². The third-order valence-corrected chi connectivity index (χ3v) is 5.32. The molecule has 0 unspecified atom stereocenters. The highest BCUT2D eigenvalue weighted by Crippen LogP contribution is 2.38. The Morgan fingerprint density at radius 1 is 1.00 bits per heavy atom. The summed E-state index contributed by atoms with van der Waals surface area (Å²) < 4.78 is 1.02. The molecule has 0 spiro atoms. The molecule has 0 aliphatic carbocycles. The molecule has 3 aromatic rings. The van der Waals surface area contributed by atoms with Crippen LogP contribution in [0, 0.1) is 13.8 Å². The summed E-state index contributed by atoms with van der Waals surface area (Å²) in [4.78, 5) is 5.43. The number of phenols is 2. The van der Waals surface area contributed by atoms with E-state index in [1.807, 2.05) is 0 Å². The largest absolute Gasteiger partial charge is 0.504 e. The van der Waals surface area contributed by atoms with Gasteiger partial charge >= 0.3 is 0 Å². The number of benzene rings is 2. The summed E-state index contributed by atoms with van der Waals surface area (Å²) in [6, 6.07) is 9.01. The van der Waals surface area contributed by atoms with Crippen molar-refractivity contribution >= 4 is 27.3 Å². The first-order chi connectivity index (χ1) is 10.5. The lowest BCUT2D eigenvalue weighted by Crippen LogP contribution is -1.85. The van der Waals surface area contributed by atoms with Crippen LogP contribution in [0.3, 0.4) is 0 Å². The molecule has 5 heteroatoms. The average Bonchev–Trinajstić information content (AvgIpc) is 2.95. The Hall–Kier alpha value is -1.85. The van der Waals surface area contributed by atoms with Crippen molar-refractivity contribution < 1.29 is 10.2 Å². The van der Waals surface area contributed by atoms with Gasteiger partial charge in [-0.05, 0) is 60.9 Å². The van der Waals surface area contributed by atoms with E-state index in [2.05, 4.69) is 46.9 Å². The lowest BCUT2D eigenvalue weighted by Gasteiger charge is -2.06. The summed E-state index contributed by atoms with van der Waals surface area (Å²) in [6.45, 7) is 4.16. The van der Waals surface area contributed by atoms with E-state index in [-0.39, 0.29) is 11.5 Å². The molecule has 0 saturated heterocycles. The fourth-order valence-electron chi connectivity index (χ4n) is 2.15. The number of hydrogen-bond acceptors (Lipinski definition) is 4. The summed E-state index contributed by atoms with van der Waals surface area (Å²) in [5, 5.41) is 19.9. The molecule has 0 fully saturated rings. The minimum atomic E-state index is -0.125. The second-order valence-corrected chi connectivity index (χ2v) is 7.03. The molecule has 3 rings (SSSR count). The third kappa shape index (κ3) is 2.74. The Labute approximate surface area is 141 Å². The molecular formula is C17H14BrNO2S. The van der Waals surface area contributed by atoms with Gasteiger partial charge in [0.1, 0.15) is 5.01 Å².